The number of aryl methyl sites for hydroxylation is 1. The summed E-state index contributed by atoms with van der Waals surface area (Å²) in [5, 5.41) is 12.4. The number of thioether (sulfide) groups is 1. The Labute approximate surface area is 143 Å². The lowest BCUT2D eigenvalue weighted by Gasteiger charge is -2.09. The van der Waals surface area contributed by atoms with Crippen LogP contribution in [-0.4, -0.2) is 26.4 Å². The van der Waals surface area contributed by atoms with Crippen molar-refractivity contribution in [1.82, 2.24) is 14.8 Å². The molecule has 0 aliphatic heterocycles. The fourth-order valence-electron chi connectivity index (χ4n) is 1.87. The number of para-hydroxylation sites is 1. The van der Waals surface area contributed by atoms with Crippen molar-refractivity contribution < 1.29 is 4.79 Å². The molecule has 0 aliphatic rings. The summed E-state index contributed by atoms with van der Waals surface area (Å²) in [6, 6.07) is 5.08. The molecule has 2 aromatic rings. The van der Waals surface area contributed by atoms with Crippen molar-refractivity contribution >= 4 is 46.6 Å². The molecule has 0 radical (unpaired) electrons. The van der Waals surface area contributed by atoms with Gasteiger partial charge in [-0.15, -0.1) is 10.2 Å². The zero-order valence-electron chi connectivity index (χ0n) is 12.3. The third kappa shape index (κ3) is 4.15. The average molecular weight is 359 g/mol. The SMILES string of the molecule is CCCn1c(C)nnc1SCC(=O)Nc1c(Cl)cccc1Cl. The first kappa shape index (κ1) is 17.1. The quantitative estimate of drug-likeness (QED) is 0.791. The second kappa shape index (κ2) is 7.85. The molecule has 8 heteroatoms. The molecule has 1 amide bonds. The molecule has 0 aliphatic carbocycles. The van der Waals surface area contributed by atoms with Gasteiger partial charge in [-0.3, -0.25) is 4.79 Å². The highest BCUT2D eigenvalue weighted by molar-refractivity contribution is 7.99. The standard InChI is InChI=1S/C14H16Cl2N4OS/c1-3-7-20-9(2)18-19-14(20)22-8-12(21)17-13-10(15)5-4-6-11(13)16/h4-6H,3,7-8H2,1-2H3,(H,17,21). The van der Waals surface area contributed by atoms with Crippen molar-refractivity contribution in [3.8, 4) is 0 Å². The molecule has 0 atom stereocenters. The van der Waals surface area contributed by atoms with Crippen LogP contribution in [0.1, 0.15) is 19.2 Å². The van der Waals surface area contributed by atoms with E-state index in [2.05, 4.69) is 22.4 Å². The molecule has 0 saturated heterocycles. The predicted molar refractivity (Wildman–Crippen MR) is 90.9 cm³/mol. The van der Waals surface area contributed by atoms with Gasteiger partial charge in [-0.05, 0) is 25.5 Å². The minimum absolute atomic E-state index is 0.191. The molecule has 1 heterocycles. The lowest BCUT2D eigenvalue weighted by Crippen LogP contribution is -2.15. The van der Waals surface area contributed by atoms with Crippen molar-refractivity contribution in [3.63, 3.8) is 0 Å². The second-order valence-electron chi connectivity index (χ2n) is 4.61. The maximum Gasteiger partial charge on any atom is 0.234 e. The normalized spacial score (nSPS) is 10.7. The van der Waals surface area contributed by atoms with Crippen molar-refractivity contribution in [2.24, 2.45) is 0 Å². The van der Waals surface area contributed by atoms with E-state index in [1.54, 1.807) is 18.2 Å². The van der Waals surface area contributed by atoms with Gasteiger partial charge >= 0.3 is 0 Å². The van der Waals surface area contributed by atoms with E-state index in [4.69, 9.17) is 23.2 Å². The first-order chi connectivity index (χ1) is 10.5. The van der Waals surface area contributed by atoms with Gasteiger partial charge in [-0.1, -0.05) is 48.0 Å². The highest BCUT2D eigenvalue weighted by atomic mass is 35.5. The number of anilines is 1. The Morgan fingerprint density at radius 1 is 1.32 bits per heavy atom. The maximum atomic E-state index is 12.1. The molecule has 22 heavy (non-hydrogen) atoms. The van der Waals surface area contributed by atoms with Crippen molar-refractivity contribution in [2.75, 3.05) is 11.1 Å². The van der Waals surface area contributed by atoms with Crippen LogP contribution in [0.4, 0.5) is 5.69 Å². The van der Waals surface area contributed by atoms with Crippen LogP contribution in [0.3, 0.4) is 0 Å². The van der Waals surface area contributed by atoms with Crippen LogP contribution in [0, 0.1) is 6.92 Å². The second-order valence-corrected chi connectivity index (χ2v) is 6.37. The smallest absolute Gasteiger partial charge is 0.234 e. The molecule has 0 spiro atoms. The number of hydrogen-bond acceptors (Lipinski definition) is 4. The van der Waals surface area contributed by atoms with E-state index in [1.807, 2.05) is 11.5 Å². The molecule has 1 aromatic heterocycles. The minimum atomic E-state index is -0.191. The van der Waals surface area contributed by atoms with E-state index < -0.39 is 0 Å². The van der Waals surface area contributed by atoms with Crippen molar-refractivity contribution in [2.45, 2.75) is 32.0 Å². The van der Waals surface area contributed by atoms with Crippen LogP contribution in [0.5, 0.6) is 0 Å². The van der Waals surface area contributed by atoms with Gasteiger partial charge in [-0.25, -0.2) is 0 Å². The van der Waals surface area contributed by atoms with Crippen LogP contribution in [0.25, 0.3) is 0 Å². The third-order valence-corrected chi connectivity index (χ3v) is 4.51. The molecule has 2 rings (SSSR count). The summed E-state index contributed by atoms with van der Waals surface area (Å²) in [6.45, 7) is 4.81. The van der Waals surface area contributed by atoms with Gasteiger partial charge in [0.15, 0.2) is 5.16 Å². The Kier molecular flexibility index (Phi) is 6.11. The summed E-state index contributed by atoms with van der Waals surface area (Å²) in [5.74, 6) is 0.867. The van der Waals surface area contributed by atoms with Gasteiger partial charge in [0.05, 0.1) is 21.5 Å². The zero-order chi connectivity index (χ0) is 16.1. The molecule has 0 fully saturated rings. The summed E-state index contributed by atoms with van der Waals surface area (Å²) < 4.78 is 2.00. The monoisotopic (exact) mass is 358 g/mol. The minimum Gasteiger partial charge on any atom is -0.323 e. The largest absolute Gasteiger partial charge is 0.323 e. The molecule has 0 saturated carbocycles. The molecule has 1 N–H and O–H groups in total. The van der Waals surface area contributed by atoms with E-state index in [1.165, 1.54) is 11.8 Å². The molecule has 0 unspecified atom stereocenters. The summed E-state index contributed by atoms with van der Waals surface area (Å²) >= 11 is 13.4. The lowest BCUT2D eigenvalue weighted by molar-refractivity contribution is -0.113. The number of rotatable bonds is 6. The van der Waals surface area contributed by atoms with E-state index >= 15 is 0 Å². The molecule has 118 valence electrons. The van der Waals surface area contributed by atoms with E-state index in [0.29, 0.717) is 15.7 Å². The van der Waals surface area contributed by atoms with Crippen LogP contribution in [-0.2, 0) is 11.3 Å². The molecular weight excluding hydrogens is 343 g/mol. The first-order valence-corrected chi connectivity index (χ1v) is 8.53. The number of nitrogens with one attached hydrogen (secondary N) is 1. The van der Waals surface area contributed by atoms with Crippen LogP contribution >= 0.6 is 35.0 Å². The Morgan fingerprint density at radius 2 is 2.00 bits per heavy atom. The summed E-state index contributed by atoms with van der Waals surface area (Å²) in [4.78, 5) is 12.1. The van der Waals surface area contributed by atoms with E-state index in [0.717, 1.165) is 23.9 Å². The van der Waals surface area contributed by atoms with Crippen LogP contribution in [0.15, 0.2) is 23.4 Å². The Bertz CT molecular complexity index is 655. The molecule has 0 bridgehead atoms. The Balaban J connectivity index is 1.99. The van der Waals surface area contributed by atoms with Crippen molar-refractivity contribution in [3.05, 3.63) is 34.1 Å². The highest BCUT2D eigenvalue weighted by Crippen LogP contribution is 2.30. The number of benzene rings is 1. The molecule has 5 nitrogen and oxygen atoms in total. The van der Waals surface area contributed by atoms with Crippen LogP contribution < -0.4 is 5.32 Å². The number of halogens is 2. The number of hydrogen-bond donors (Lipinski definition) is 1. The van der Waals surface area contributed by atoms with Gasteiger partial charge in [0.2, 0.25) is 5.91 Å². The van der Waals surface area contributed by atoms with Crippen LogP contribution in [0.2, 0.25) is 10.0 Å². The van der Waals surface area contributed by atoms with Gasteiger partial charge in [-0.2, -0.15) is 0 Å². The zero-order valence-corrected chi connectivity index (χ0v) is 14.6. The van der Waals surface area contributed by atoms with Gasteiger partial charge in [0.1, 0.15) is 5.82 Å². The van der Waals surface area contributed by atoms with Gasteiger partial charge < -0.3 is 9.88 Å². The molecule has 1 aromatic carbocycles. The van der Waals surface area contributed by atoms with Gasteiger partial charge in [0, 0.05) is 6.54 Å². The Hall–Kier alpha value is -1.24. The fourth-order valence-corrected chi connectivity index (χ4v) is 3.17. The Morgan fingerprint density at radius 3 is 2.64 bits per heavy atom. The number of aromatic nitrogens is 3. The fraction of sp³-hybridized carbons (Fsp3) is 0.357. The van der Waals surface area contributed by atoms with E-state index in [-0.39, 0.29) is 11.7 Å². The summed E-state index contributed by atoms with van der Waals surface area (Å²) in [7, 11) is 0. The number of carbonyl (C=O) groups excluding carboxylic acids is 1. The average Bonchev–Trinajstić information content (AvgIpc) is 2.82. The number of amides is 1. The maximum absolute atomic E-state index is 12.1. The highest BCUT2D eigenvalue weighted by Gasteiger charge is 2.13. The lowest BCUT2D eigenvalue weighted by atomic mass is 10.3. The van der Waals surface area contributed by atoms with Gasteiger partial charge in [0.25, 0.3) is 0 Å². The topological polar surface area (TPSA) is 59.8 Å². The molecular formula is C14H16Cl2N4OS. The number of carbonyl (C=O) groups is 1. The first-order valence-electron chi connectivity index (χ1n) is 6.79. The van der Waals surface area contributed by atoms with E-state index in [9.17, 15) is 4.79 Å². The van der Waals surface area contributed by atoms with Crippen molar-refractivity contribution in [1.29, 1.82) is 0 Å². The summed E-state index contributed by atoms with van der Waals surface area (Å²) in [5.41, 5.74) is 0.433. The third-order valence-electron chi connectivity index (χ3n) is 2.91. The number of nitrogens with zero attached hydrogens (tertiary/aromatic N) is 3. The predicted octanol–water partition coefficient (Wildman–Crippen LogP) is 4.03. The summed E-state index contributed by atoms with van der Waals surface area (Å²) in [6.07, 6.45) is 0.980.